The summed E-state index contributed by atoms with van der Waals surface area (Å²) in [7, 11) is 0. The molecule has 6 nitrogen and oxygen atoms in total. The summed E-state index contributed by atoms with van der Waals surface area (Å²) in [6.07, 6.45) is 2.96. The molecular formula is C19H16N2O4. The minimum absolute atomic E-state index is 0.000854. The zero-order chi connectivity index (χ0) is 18.0. The SMILES string of the molecule is Cc1cccc(C(C)C)c1-c1cc(N=C=O)c(N=C=O)c2c1OCO2. The lowest BCUT2D eigenvalue weighted by molar-refractivity contribution is 0.174. The molecule has 0 spiro atoms. The van der Waals surface area contributed by atoms with Crippen LogP contribution in [0.4, 0.5) is 11.4 Å². The van der Waals surface area contributed by atoms with Crippen molar-refractivity contribution in [3.8, 4) is 22.6 Å². The first-order valence-electron chi connectivity index (χ1n) is 7.80. The van der Waals surface area contributed by atoms with Crippen LogP contribution in [0.1, 0.15) is 30.9 Å². The van der Waals surface area contributed by atoms with Gasteiger partial charge in [0.2, 0.25) is 19.0 Å². The molecule has 6 heteroatoms. The van der Waals surface area contributed by atoms with E-state index in [-0.39, 0.29) is 29.8 Å². The van der Waals surface area contributed by atoms with E-state index in [1.165, 1.54) is 12.2 Å². The van der Waals surface area contributed by atoms with Gasteiger partial charge < -0.3 is 9.47 Å². The van der Waals surface area contributed by atoms with Gasteiger partial charge in [0.1, 0.15) is 11.4 Å². The molecule has 0 saturated carbocycles. The Bertz CT molecular complexity index is 937. The summed E-state index contributed by atoms with van der Waals surface area (Å²) in [6, 6.07) is 7.73. The molecular weight excluding hydrogens is 320 g/mol. The fourth-order valence-corrected chi connectivity index (χ4v) is 3.05. The lowest BCUT2D eigenvalue weighted by atomic mass is 9.88. The Kier molecular flexibility index (Phi) is 4.48. The molecule has 25 heavy (non-hydrogen) atoms. The van der Waals surface area contributed by atoms with Crippen molar-refractivity contribution < 1.29 is 19.1 Å². The second-order valence-electron chi connectivity index (χ2n) is 5.96. The fourth-order valence-electron chi connectivity index (χ4n) is 3.05. The van der Waals surface area contributed by atoms with Gasteiger partial charge in [-0.3, -0.25) is 0 Å². The summed E-state index contributed by atoms with van der Waals surface area (Å²) in [5.41, 5.74) is 4.23. The van der Waals surface area contributed by atoms with Gasteiger partial charge in [0, 0.05) is 5.56 Å². The van der Waals surface area contributed by atoms with E-state index in [1.807, 2.05) is 19.1 Å². The molecule has 0 fully saturated rings. The van der Waals surface area contributed by atoms with E-state index in [1.54, 1.807) is 6.07 Å². The first-order valence-corrected chi connectivity index (χ1v) is 7.80. The quantitative estimate of drug-likeness (QED) is 0.610. The largest absolute Gasteiger partial charge is 0.453 e. The molecule has 0 amide bonds. The zero-order valence-electron chi connectivity index (χ0n) is 14.1. The Morgan fingerprint density at radius 3 is 2.48 bits per heavy atom. The minimum Gasteiger partial charge on any atom is -0.453 e. The molecule has 3 rings (SSSR count). The third kappa shape index (κ3) is 2.85. The molecule has 2 aromatic carbocycles. The standard InChI is InChI=1S/C19H16N2O4/c1-11(2)13-6-4-5-12(3)16(13)14-7-15(20-8-22)17(21-9-23)19-18(14)24-10-25-19/h4-7,11H,10H2,1-3H3. The normalized spacial score (nSPS) is 11.8. The van der Waals surface area contributed by atoms with Gasteiger partial charge in [-0.1, -0.05) is 32.0 Å². The number of rotatable bonds is 4. The number of carbonyl (C=O) groups excluding carboxylic acids is 2. The number of ether oxygens (including phenoxy) is 2. The summed E-state index contributed by atoms with van der Waals surface area (Å²) in [5.74, 6) is 1.04. The Balaban J connectivity index is 2.40. The summed E-state index contributed by atoms with van der Waals surface area (Å²) in [4.78, 5) is 28.9. The molecule has 0 N–H and O–H groups in total. The van der Waals surface area contributed by atoms with E-state index in [0.717, 1.165) is 22.3 Å². The highest BCUT2D eigenvalue weighted by molar-refractivity contribution is 5.90. The first-order chi connectivity index (χ1) is 12.1. The van der Waals surface area contributed by atoms with Gasteiger partial charge in [0.25, 0.3) is 0 Å². The second kappa shape index (κ2) is 6.73. The number of aryl methyl sites for hydroxylation is 1. The molecule has 0 unspecified atom stereocenters. The maximum absolute atomic E-state index is 10.8. The Morgan fingerprint density at radius 2 is 1.80 bits per heavy atom. The van der Waals surface area contributed by atoms with Crippen LogP contribution in [-0.2, 0) is 9.59 Å². The van der Waals surface area contributed by atoms with Gasteiger partial charge in [-0.2, -0.15) is 9.98 Å². The highest BCUT2D eigenvalue weighted by Crippen LogP contribution is 2.53. The molecule has 0 aromatic heterocycles. The van der Waals surface area contributed by atoms with E-state index in [0.29, 0.717) is 5.75 Å². The fraction of sp³-hybridized carbons (Fsp3) is 0.263. The minimum atomic E-state index is 0.000854. The predicted octanol–water partition coefficient (Wildman–Crippen LogP) is 4.45. The molecule has 1 aliphatic rings. The van der Waals surface area contributed by atoms with Crippen molar-refractivity contribution >= 4 is 23.5 Å². The van der Waals surface area contributed by atoms with E-state index >= 15 is 0 Å². The van der Waals surface area contributed by atoms with Crippen molar-refractivity contribution in [2.24, 2.45) is 9.98 Å². The molecule has 2 aromatic rings. The molecule has 1 aliphatic heterocycles. The summed E-state index contributed by atoms with van der Waals surface area (Å²) in [5, 5.41) is 0. The predicted molar refractivity (Wildman–Crippen MR) is 92.4 cm³/mol. The summed E-state index contributed by atoms with van der Waals surface area (Å²) >= 11 is 0. The van der Waals surface area contributed by atoms with Crippen LogP contribution in [0.2, 0.25) is 0 Å². The molecule has 0 saturated heterocycles. The Hall–Kier alpha value is -3.20. The topological polar surface area (TPSA) is 77.3 Å². The number of hydrogen-bond acceptors (Lipinski definition) is 6. The molecule has 126 valence electrons. The number of fused-ring (bicyclic) bond motifs is 1. The molecule has 0 aliphatic carbocycles. The molecule has 0 bridgehead atoms. The molecule has 1 heterocycles. The lowest BCUT2D eigenvalue weighted by Gasteiger charge is -2.18. The number of aliphatic imine (C=N–C) groups is 2. The van der Waals surface area contributed by atoms with Crippen LogP contribution in [0.5, 0.6) is 11.5 Å². The summed E-state index contributed by atoms with van der Waals surface area (Å²) < 4.78 is 11.1. The van der Waals surface area contributed by atoms with Crippen LogP contribution < -0.4 is 9.47 Å². The number of benzene rings is 2. The van der Waals surface area contributed by atoms with E-state index in [2.05, 4.69) is 29.9 Å². The third-order valence-corrected chi connectivity index (χ3v) is 4.12. The van der Waals surface area contributed by atoms with Gasteiger partial charge in [0.05, 0.1) is 0 Å². The van der Waals surface area contributed by atoms with Crippen LogP contribution in [0.15, 0.2) is 34.3 Å². The van der Waals surface area contributed by atoms with Crippen molar-refractivity contribution in [3.63, 3.8) is 0 Å². The van der Waals surface area contributed by atoms with Crippen LogP contribution >= 0.6 is 0 Å². The lowest BCUT2D eigenvalue weighted by Crippen LogP contribution is -1.97. The average Bonchev–Trinajstić information content (AvgIpc) is 3.06. The van der Waals surface area contributed by atoms with Crippen LogP contribution in [0.3, 0.4) is 0 Å². The van der Waals surface area contributed by atoms with Crippen molar-refractivity contribution in [2.75, 3.05) is 6.79 Å². The van der Waals surface area contributed by atoms with Gasteiger partial charge in [-0.05, 0) is 35.6 Å². The highest BCUT2D eigenvalue weighted by Gasteiger charge is 2.28. The molecule has 0 radical (unpaired) electrons. The monoisotopic (exact) mass is 336 g/mol. The van der Waals surface area contributed by atoms with Crippen LogP contribution in [0, 0.1) is 6.92 Å². The van der Waals surface area contributed by atoms with Crippen LogP contribution in [-0.4, -0.2) is 19.0 Å². The maximum Gasteiger partial charge on any atom is 0.240 e. The van der Waals surface area contributed by atoms with Crippen molar-refractivity contribution in [3.05, 3.63) is 35.4 Å². The Morgan fingerprint density at radius 1 is 1.08 bits per heavy atom. The van der Waals surface area contributed by atoms with Crippen molar-refractivity contribution in [1.82, 2.24) is 0 Å². The van der Waals surface area contributed by atoms with Crippen molar-refractivity contribution in [1.29, 1.82) is 0 Å². The van der Waals surface area contributed by atoms with Gasteiger partial charge in [-0.25, -0.2) is 9.59 Å². The highest BCUT2D eigenvalue weighted by atomic mass is 16.7. The zero-order valence-corrected chi connectivity index (χ0v) is 14.1. The first kappa shape index (κ1) is 16.7. The van der Waals surface area contributed by atoms with E-state index in [9.17, 15) is 9.59 Å². The smallest absolute Gasteiger partial charge is 0.240 e. The Labute approximate surface area is 144 Å². The van der Waals surface area contributed by atoms with Gasteiger partial charge in [0.15, 0.2) is 11.5 Å². The number of nitrogens with zero attached hydrogens (tertiary/aromatic N) is 2. The second-order valence-corrected chi connectivity index (χ2v) is 5.96. The van der Waals surface area contributed by atoms with Crippen molar-refractivity contribution in [2.45, 2.75) is 26.7 Å². The van der Waals surface area contributed by atoms with E-state index < -0.39 is 0 Å². The van der Waals surface area contributed by atoms with E-state index in [4.69, 9.17) is 9.47 Å². The number of isocyanates is 2. The third-order valence-electron chi connectivity index (χ3n) is 4.12. The number of hydrogen-bond donors (Lipinski definition) is 0. The average molecular weight is 336 g/mol. The van der Waals surface area contributed by atoms with Crippen LogP contribution in [0.25, 0.3) is 11.1 Å². The molecule has 0 atom stereocenters. The van der Waals surface area contributed by atoms with Gasteiger partial charge in [-0.15, -0.1) is 0 Å². The van der Waals surface area contributed by atoms with Gasteiger partial charge >= 0.3 is 0 Å². The maximum atomic E-state index is 10.8. The summed E-state index contributed by atoms with van der Waals surface area (Å²) in [6.45, 7) is 6.21.